The second kappa shape index (κ2) is 7.28. The summed E-state index contributed by atoms with van der Waals surface area (Å²) in [5, 5.41) is 0. The molecule has 100 valence electrons. The maximum atomic E-state index is 5.56. The van der Waals surface area contributed by atoms with E-state index in [4.69, 9.17) is 22.7 Å². The normalized spacial score (nSPS) is 10.9. The predicted molar refractivity (Wildman–Crippen MR) is 77.7 cm³/mol. The van der Waals surface area contributed by atoms with Gasteiger partial charge in [-0.2, -0.15) is 0 Å². The van der Waals surface area contributed by atoms with Gasteiger partial charge in [-0.25, -0.2) is 4.98 Å². The van der Waals surface area contributed by atoms with Gasteiger partial charge in [0.15, 0.2) is 0 Å². The lowest BCUT2D eigenvalue weighted by molar-refractivity contribution is 0.215. The van der Waals surface area contributed by atoms with Crippen LogP contribution in [0.3, 0.4) is 0 Å². The van der Waals surface area contributed by atoms with Crippen molar-refractivity contribution in [2.45, 2.75) is 32.9 Å². The third-order valence-electron chi connectivity index (χ3n) is 2.79. The smallest absolute Gasteiger partial charge is 0.217 e. The summed E-state index contributed by atoms with van der Waals surface area (Å²) in [4.78, 5) is 7.06. The first-order valence-electron chi connectivity index (χ1n) is 6.04. The Morgan fingerprint density at radius 2 is 2.28 bits per heavy atom. The summed E-state index contributed by atoms with van der Waals surface area (Å²) < 4.78 is 5.26. The lowest BCUT2D eigenvalue weighted by Gasteiger charge is -2.26. The van der Waals surface area contributed by atoms with Crippen LogP contribution >= 0.6 is 12.2 Å². The van der Waals surface area contributed by atoms with E-state index in [9.17, 15) is 0 Å². The van der Waals surface area contributed by atoms with Crippen LogP contribution in [-0.4, -0.2) is 34.6 Å². The third kappa shape index (κ3) is 4.58. The highest BCUT2D eigenvalue weighted by atomic mass is 32.1. The number of hydrogen-bond acceptors (Lipinski definition) is 4. The fraction of sp³-hybridized carbons (Fsp3) is 0.538. The van der Waals surface area contributed by atoms with Crippen molar-refractivity contribution in [3.05, 3.63) is 23.9 Å². The average Bonchev–Trinajstić information content (AvgIpc) is 2.34. The summed E-state index contributed by atoms with van der Waals surface area (Å²) >= 11 is 4.93. The van der Waals surface area contributed by atoms with E-state index in [0.29, 0.717) is 16.9 Å². The molecule has 0 unspecified atom stereocenters. The number of ether oxygens (including phenoxy) is 1. The van der Waals surface area contributed by atoms with Crippen molar-refractivity contribution in [3.63, 3.8) is 0 Å². The van der Waals surface area contributed by atoms with Gasteiger partial charge in [0.2, 0.25) is 5.88 Å². The zero-order valence-electron chi connectivity index (χ0n) is 11.2. The van der Waals surface area contributed by atoms with E-state index in [1.807, 2.05) is 12.1 Å². The van der Waals surface area contributed by atoms with Gasteiger partial charge in [-0.1, -0.05) is 18.3 Å². The van der Waals surface area contributed by atoms with Gasteiger partial charge in [0, 0.05) is 37.3 Å². The highest BCUT2D eigenvalue weighted by molar-refractivity contribution is 7.80. The molecule has 5 heteroatoms. The molecule has 1 rings (SSSR count). The molecule has 0 atom stereocenters. The van der Waals surface area contributed by atoms with Crippen LogP contribution in [0.5, 0.6) is 5.88 Å². The molecule has 0 saturated heterocycles. The number of thiocarbonyl (C=S) groups is 1. The maximum Gasteiger partial charge on any atom is 0.217 e. The molecule has 0 saturated carbocycles. The van der Waals surface area contributed by atoms with Crippen molar-refractivity contribution in [1.82, 2.24) is 9.88 Å². The van der Waals surface area contributed by atoms with Gasteiger partial charge in [-0.05, 0) is 19.9 Å². The van der Waals surface area contributed by atoms with Crippen LogP contribution in [0.25, 0.3) is 0 Å². The van der Waals surface area contributed by atoms with E-state index >= 15 is 0 Å². The van der Waals surface area contributed by atoms with Gasteiger partial charge in [-0.15, -0.1) is 0 Å². The average molecular weight is 267 g/mol. The Labute approximate surface area is 114 Å². The molecule has 0 amide bonds. The fourth-order valence-electron chi connectivity index (χ4n) is 1.72. The molecule has 0 fully saturated rings. The third-order valence-corrected chi connectivity index (χ3v) is 3.00. The van der Waals surface area contributed by atoms with Crippen LogP contribution in [0.1, 0.15) is 25.8 Å². The van der Waals surface area contributed by atoms with Gasteiger partial charge in [0.05, 0.1) is 12.1 Å². The molecule has 1 heterocycles. The molecular weight excluding hydrogens is 246 g/mol. The molecular formula is C13H21N3OS. The first kappa shape index (κ1) is 14.9. The van der Waals surface area contributed by atoms with E-state index in [1.165, 1.54) is 0 Å². The van der Waals surface area contributed by atoms with E-state index in [2.05, 4.69) is 23.7 Å². The SMILES string of the molecule is COc1ncccc1CN(CCC(N)=S)C(C)C. The number of methoxy groups -OCH3 is 1. The van der Waals surface area contributed by atoms with Crippen molar-refractivity contribution in [3.8, 4) is 5.88 Å². The quantitative estimate of drug-likeness (QED) is 0.766. The van der Waals surface area contributed by atoms with Crippen LogP contribution in [0.2, 0.25) is 0 Å². The van der Waals surface area contributed by atoms with Gasteiger partial charge < -0.3 is 10.5 Å². The Kier molecular flexibility index (Phi) is 6.01. The Hall–Kier alpha value is -1.20. The minimum Gasteiger partial charge on any atom is -0.481 e. The number of pyridine rings is 1. The zero-order valence-corrected chi connectivity index (χ0v) is 12.0. The summed E-state index contributed by atoms with van der Waals surface area (Å²) in [5.74, 6) is 0.679. The molecule has 0 aromatic carbocycles. The molecule has 0 spiro atoms. The number of nitrogens with zero attached hydrogens (tertiary/aromatic N) is 2. The molecule has 0 aliphatic rings. The maximum absolute atomic E-state index is 5.56. The van der Waals surface area contributed by atoms with Crippen LogP contribution in [-0.2, 0) is 6.54 Å². The Bertz CT molecular complexity index is 396. The van der Waals surface area contributed by atoms with Gasteiger partial charge in [0.1, 0.15) is 0 Å². The summed E-state index contributed by atoms with van der Waals surface area (Å²) in [6.45, 7) is 5.95. The Morgan fingerprint density at radius 1 is 1.56 bits per heavy atom. The highest BCUT2D eigenvalue weighted by Gasteiger charge is 2.13. The van der Waals surface area contributed by atoms with Gasteiger partial charge in [-0.3, -0.25) is 4.90 Å². The first-order chi connectivity index (χ1) is 8.54. The highest BCUT2D eigenvalue weighted by Crippen LogP contribution is 2.17. The molecule has 0 radical (unpaired) electrons. The second-order valence-corrected chi connectivity index (χ2v) is 4.98. The van der Waals surface area contributed by atoms with Gasteiger partial charge in [0.25, 0.3) is 0 Å². The Balaban J connectivity index is 2.73. The molecule has 18 heavy (non-hydrogen) atoms. The Morgan fingerprint density at radius 3 is 2.83 bits per heavy atom. The largest absolute Gasteiger partial charge is 0.481 e. The monoisotopic (exact) mass is 267 g/mol. The first-order valence-corrected chi connectivity index (χ1v) is 6.45. The molecule has 1 aromatic heterocycles. The standard InChI is InChI=1S/C13H21N3OS/c1-10(2)16(8-6-12(14)18)9-11-5-4-7-15-13(11)17-3/h4-5,7,10H,6,8-9H2,1-3H3,(H2,14,18). The second-order valence-electron chi connectivity index (χ2n) is 4.45. The van der Waals surface area contributed by atoms with Crippen molar-refractivity contribution in [2.75, 3.05) is 13.7 Å². The summed E-state index contributed by atoms with van der Waals surface area (Å²) in [6.07, 6.45) is 2.47. The van der Waals surface area contributed by atoms with Crippen LogP contribution in [0.15, 0.2) is 18.3 Å². The minimum absolute atomic E-state index is 0.421. The molecule has 2 N–H and O–H groups in total. The number of aromatic nitrogens is 1. The summed E-state index contributed by atoms with van der Waals surface area (Å²) in [6, 6.07) is 4.37. The molecule has 0 aliphatic carbocycles. The van der Waals surface area contributed by atoms with Gasteiger partial charge >= 0.3 is 0 Å². The lowest BCUT2D eigenvalue weighted by Crippen LogP contribution is -2.33. The number of nitrogens with two attached hydrogens (primary N) is 1. The summed E-state index contributed by atoms with van der Waals surface area (Å²) in [5.41, 5.74) is 6.64. The van der Waals surface area contributed by atoms with Crippen LogP contribution < -0.4 is 10.5 Å². The van der Waals surface area contributed by atoms with E-state index in [0.717, 1.165) is 25.1 Å². The predicted octanol–water partition coefficient (Wildman–Crippen LogP) is 1.98. The van der Waals surface area contributed by atoms with Crippen molar-refractivity contribution < 1.29 is 4.74 Å². The van der Waals surface area contributed by atoms with E-state index < -0.39 is 0 Å². The molecule has 1 aromatic rings. The lowest BCUT2D eigenvalue weighted by atomic mass is 10.2. The molecule has 0 bridgehead atoms. The number of hydrogen-bond donors (Lipinski definition) is 1. The van der Waals surface area contributed by atoms with Crippen molar-refractivity contribution in [1.29, 1.82) is 0 Å². The minimum atomic E-state index is 0.421. The molecule has 0 aliphatic heterocycles. The van der Waals surface area contributed by atoms with Crippen LogP contribution in [0, 0.1) is 0 Å². The topological polar surface area (TPSA) is 51.4 Å². The van der Waals surface area contributed by atoms with E-state index in [-0.39, 0.29) is 0 Å². The van der Waals surface area contributed by atoms with Crippen molar-refractivity contribution in [2.24, 2.45) is 5.73 Å². The van der Waals surface area contributed by atoms with Crippen LogP contribution in [0.4, 0.5) is 0 Å². The molecule has 4 nitrogen and oxygen atoms in total. The number of rotatable bonds is 7. The van der Waals surface area contributed by atoms with Crippen molar-refractivity contribution >= 4 is 17.2 Å². The zero-order chi connectivity index (χ0) is 13.5. The van der Waals surface area contributed by atoms with E-state index in [1.54, 1.807) is 13.3 Å². The fourth-order valence-corrected chi connectivity index (χ4v) is 1.81. The summed E-state index contributed by atoms with van der Waals surface area (Å²) in [7, 11) is 1.64.